The van der Waals surface area contributed by atoms with Crippen molar-refractivity contribution in [3.05, 3.63) is 83.0 Å². The second kappa shape index (κ2) is 9.13. The van der Waals surface area contributed by atoms with Gasteiger partial charge in [0, 0.05) is 23.6 Å². The quantitative estimate of drug-likeness (QED) is 0.245. The summed E-state index contributed by atoms with van der Waals surface area (Å²) in [4.78, 5) is 12.2. The molecule has 0 fully saturated rings. The monoisotopic (exact) mass is 420 g/mol. The molecule has 0 amide bonds. The van der Waals surface area contributed by atoms with Crippen LogP contribution >= 0.6 is 0 Å². The number of allylic oxidation sites excluding steroid dienone is 1. The third-order valence-electron chi connectivity index (χ3n) is 5.31. The number of esters is 1. The van der Waals surface area contributed by atoms with E-state index in [9.17, 15) is 9.90 Å². The molecule has 0 bridgehead atoms. The number of carbonyl (C=O) groups excluding carboxylic acids is 1. The molecule has 3 nitrogen and oxygen atoms in total. The lowest BCUT2D eigenvalue weighted by Gasteiger charge is -2.26. The normalized spacial score (nSPS) is 11.8. The Morgan fingerprint density at radius 2 is 1.58 bits per heavy atom. The number of phenols is 1. The maximum absolute atomic E-state index is 12.2. The molecule has 0 unspecified atom stereocenters. The van der Waals surface area contributed by atoms with E-state index in [0.29, 0.717) is 24.3 Å². The zero-order valence-electron chi connectivity index (χ0n) is 20.1. The smallest absolute Gasteiger partial charge is 0.335 e. The first-order chi connectivity index (χ1) is 14.3. The molecule has 2 rings (SSSR count). The largest absolute Gasteiger partial charge is 0.507 e. The molecule has 2 aromatic carbocycles. The van der Waals surface area contributed by atoms with E-state index in [1.54, 1.807) is 0 Å². The van der Waals surface area contributed by atoms with E-state index in [0.717, 1.165) is 33.4 Å². The summed E-state index contributed by atoms with van der Waals surface area (Å²) in [6.07, 6.45) is 4.20. The average Bonchev–Trinajstić information content (AvgIpc) is 2.64. The van der Waals surface area contributed by atoms with Crippen molar-refractivity contribution in [3.63, 3.8) is 0 Å². The van der Waals surface area contributed by atoms with E-state index in [4.69, 9.17) is 4.74 Å². The van der Waals surface area contributed by atoms with Gasteiger partial charge in [0.15, 0.2) is 0 Å². The second-order valence-electron chi connectivity index (χ2n) is 10.2. The van der Waals surface area contributed by atoms with Crippen molar-refractivity contribution in [2.24, 2.45) is 0 Å². The standard InChI is InChI=1S/C28H36O3/c1-10-12-19-15-21(26(31-24(29)11-2)23(16-19)28(7,8)9)17-20-13-18(3)14-22(25(20)30)27(4,5)6/h10-11,13-16,30H,1-2,12,17H2,3-9H3. The van der Waals surface area contributed by atoms with Crippen molar-refractivity contribution in [2.75, 3.05) is 0 Å². The third kappa shape index (κ3) is 5.88. The molecule has 0 aliphatic carbocycles. The van der Waals surface area contributed by atoms with E-state index in [2.05, 4.69) is 60.8 Å². The van der Waals surface area contributed by atoms with Crippen molar-refractivity contribution in [1.82, 2.24) is 0 Å². The summed E-state index contributed by atoms with van der Waals surface area (Å²) in [6.45, 7) is 22.0. The highest BCUT2D eigenvalue weighted by Gasteiger charge is 2.26. The van der Waals surface area contributed by atoms with Gasteiger partial charge in [-0.3, -0.25) is 0 Å². The highest BCUT2D eigenvalue weighted by molar-refractivity contribution is 5.84. The van der Waals surface area contributed by atoms with Crippen LogP contribution in [0, 0.1) is 6.92 Å². The summed E-state index contributed by atoms with van der Waals surface area (Å²) in [5.41, 5.74) is 5.28. The number of aryl methyl sites for hydroxylation is 1. The molecule has 0 spiro atoms. The summed E-state index contributed by atoms with van der Waals surface area (Å²) < 4.78 is 5.76. The molecular weight excluding hydrogens is 384 g/mol. The molecule has 0 radical (unpaired) electrons. The number of hydrogen-bond acceptors (Lipinski definition) is 3. The Morgan fingerprint density at radius 1 is 0.968 bits per heavy atom. The number of ether oxygens (including phenoxy) is 1. The molecule has 0 aliphatic rings. The van der Waals surface area contributed by atoms with Crippen molar-refractivity contribution in [1.29, 1.82) is 0 Å². The molecule has 2 aromatic rings. The van der Waals surface area contributed by atoms with Gasteiger partial charge in [0.2, 0.25) is 0 Å². The summed E-state index contributed by atoms with van der Waals surface area (Å²) in [7, 11) is 0. The SMILES string of the molecule is C=CCc1cc(Cc2cc(C)cc(C(C)(C)C)c2O)c(OC(=O)C=C)c(C(C)(C)C)c1. The van der Waals surface area contributed by atoms with Crippen LogP contribution in [0.5, 0.6) is 11.5 Å². The fourth-order valence-electron chi connectivity index (χ4n) is 3.76. The number of hydrogen-bond donors (Lipinski definition) is 1. The second-order valence-corrected chi connectivity index (χ2v) is 10.2. The average molecular weight is 421 g/mol. The van der Waals surface area contributed by atoms with Crippen LogP contribution in [0.15, 0.2) is 49.6 Å². The summed E-state index contributed by atoms with van der Waals surface area (Å²) in [6, 6.07) is 8.15. The molecular formula is C28H36O3. The van der Waals surface area contributed by atoms with Crippen molar-refractivity contribution < 1.29 is 14.6 Å². The molecule has 3 heteroatoms. The molecule has 31 heavy (non-hydrogen) atoms. The number of aromatic hydroxyl groups is 1. The van der Waals surface area contributed by atoms with Crippen molar-refractivity contribution >= 4 is 5.97 Å². The molecule has 0 heterocycles. The topological polar surface area (TPSA) is 46.5 Å². The molecule has 0 saturated carbocycles. The summed E-state index contributed by atoms with van der Waals surface area (Å²) >= 11 is 0. The first-order valence-corrected chi connectivity index (χ1v) is 10.7. The maximum atomic E-state index is 12.2. The van der Waals surface area contributed by atoms with Crippen LogP contribution in [-0.4, -0.2) is 11.1 Å². The fourth-order valence-corrected chi connectivity index (χ4v) is 3.76. The van der Waals surface area contributed by atoms with Crippen LogP contribution in [0.3, 0.4) is 0 Å². The number of carbonyl (C=O) groups is 1. The van der Waals surface area contributed by atoms with E-state index < -0.39 is 5.97 Å². The number of benzene rings is 2. The predicted molar refractivity (Wildman–Crippen MR) is 129 cm³/mol. The van der Waals surface area contributed by atoms with E-state index in [1.165, 1.54) is 6.08 Å². The van der Waals surface area contributed by atoms with Crippen LogP contribution in [0.25, 0.3) is 0 Å². The minimum absolute atomic E-state index is 0.190. The first kappa shape index (κ1) is 24.5. The van der Waals surface area contributed by atoms with Crippen LogP contribution < -0.4 is 4.74 Å². The van der Waals surface area contributed by atoms with E-state index in [1.807, 2.05) is 31.2 Å². The lowest BCUT2D eigenvalue weighted by Crippen LogP contribution is -2.18. The van der Waals surface area contributed by atoms with Gasteiger partial charge in [-0.25, -0.2) is 4.79 Å². The van der Waals surface area contributed by atoms with Gasteiger partial charge < -0.3 is 9.84 Å². The van der Waals surface area contributed by atoms with Gasteiger partial charge in [-0.05, 0) is 40.9 Å². The minimum Gasteiger partial charge on any atom is -0.507 e. The van der Waals surface area contributed by atoms with Crippen molar-refractivity contribution in [2.45, 2.75) is 72.1 Å². The zero-order valence-corrected chi connectivity index (χ0v) is 20.1. The Labute approximate surface area is 187 Å². The van der Waals surface area contributed by atoms with Gasteiger partial charge in [-0.2, -0.15) is 0 Å². The lowest BCUT2D eigenvalue weighted by atomic mass is 9.81. The van der Waals surface area contributed by atoms with Gasteiger partial charge >= 0.3 is 5.97 Å². The van der Waals surface area contributed by atoms with Gasteiger partial charge in [0.25, 0.3) is 0 Å². The highest BCUT2D eigenvalue weighted by Crippen LogP contribution is 2.40. The summed E-state index contributed by atoms with van der Waals surface area (Å²) in [5, 5.41) is 11.1. The third-order valence-corrected chi connectivity index (χ3v) is 5.31. The molecule has 1 N–H and O–H groups in total. The highest BCUT2D eigenvalue weighted by atomic mass is 16.5. The Hall–Kier alpha value is -2.81. The van der Waals surface area contributed by atoms with Crippen LogP contribution in [0.2, 0.25) is 0 Å². The lowest BCUT2D eigenvalue weighted by molar-refractivity contribution is -0.129. The Morgan fingerprint density at radius 3 is 2.10 bits per heavy atom. The minimum atomic E-state index is -0.493. The van der Waals surface area contributed by atoms with Gasteiger partial charge in [0.1, 0.15) is 11.5 Å². The van der Waals surface area contributed by atoms with Crippen molar-refractivity contribution in [3.8, 4) is 11.5 Å². The number of rotatable bonds is 6. The maximum Gasteiger partial charge on any atom is 0.335 e. The molecule has 0 atom stereocenters. The summed E-state index contributed by atoms with van der Waals surface area (Å²) in [5.74, 6) is 0.348. The molecule has 0 aliphatic heterocycles. The fraction of sp³-hybridized carbons (Fsp3) is 0.393. The first-order valence-electron chi connectivity index (χ1n) is 10.7. The van der Waals surface area contributed by atoms with Gasteiger partial charge in [-0.1, -0.05) is 84.0 Å². The zero-order chi connectivity index (χ0) is 23.6. The molecule has 0 saturated heterocycles. The predicted octanol–water partition coefficient (Wildman–Crippen LogP) is 6.71. The molecule has 0 aromatic heterocycles. The van der Waals surface area contributed by atoms with Gasteiger partial charge in [-0.15, -0.1) is 6.58 Å². The van der Waals surface area contributed by atoms with E-state index >= 15 is 0 Å². The van der Waals surface area contributed by atoms with Crippen LogP contribution in [-0.2, 0) is 28.5 Å². The Balaban J connectivity index is 2.76. The Kier molecular flexibility index (Phi) is 7.21. The van der Waals surface area contributed by atoms with Crippen LogP contribution in [0.4, 0.5) is 0 Å². The number of phenolic OH excluding ortho intramolecular Hbond substituents is 1. The van der Waals surface area contributed by atoms with Crippen LogP contribution in [0.1, 0.15) is 74.9 Å². The molecule has 166 valence electrons. The van der Waals surface area contributed by atoms with Gasteiger partial charge in [0.05, 0.1) is 0 Å². The van der Waals surface area contributed by atoms with E-state index in [-0.39, 0.29) is 10.8 Å². The Bertz CT molecular complexity index is 998.